The number of hydrogen-bond acceptors (Lipinski definition) is 2. The van der Waals surface area contributed by atoms with E-state index in [1.54, 1.807) is 11.3 Å². The second-order valence-electron chi connectivity index (χ2n) is 4.56. The summed E-state index contributed by atoms with van der Waals surface area (Å²) in [5.74, 6) is 0.481. The summed E-state index contributed by atoms with van der Waals surface area (Å²) in [5.41, 5.74) is 9.68. The number of halogens is 1. The Bertz CT molecular complexity index is 557. The molecule has 0 fully saturated rings. The van der Waals surface area contributed by atoms with E-state index in [4.69, 9.17) is 5.73 Å². The summed E-state index contributed by atoms with van der Waals surface area (Å²) in [6.45, 7) is 4.93. The predicted octanol–water partition coefficient (Wildman–Crippen LogP) is 4.42. The molecular formula is C16H22IN3S. The number of aliphatic imine (C=N–C) groups is 1. The smallest absolute Gasteiger partial charge is 0.193 e. The maximum atomic E-state index is 6.01. The number of nitrogens with zero attached hydrogens (tertiary/aromatic N) is 1. The fraction of sp³-hybridized carbons (Fsp3) is 0.312. The molecular weight excluding hydrogens is 393 g/mol. The molecule has 0 atom stereocenters. The van der Waals surface area contributed by atoms with Gasteiger partial charge in [0.05, 0.1) is 6.54 Å². The minimum Gasteiger partial charge on any atom is -0.370 e. The Morgan fingerprint density at radius 2 is 1.81 bits per heavy atom. The normalized spacial score (nSPS) is 11.0. The van der Waals surface area contributed by atoms with Crippen LogP contribution in [0.5, 0.6) is 0 Å². The van der Waals surface area contributed by atoms with Crippen LogP contribution in [0.2, 0.25) is 0 Å². The van der Waals surface area contributed by atoms with E-state index in [2.05, 4.69) is 53.8 Å². The minimum absolute atomic E-state index is 0. The Labute approximate surface area is 147 Å². The minimum atomic E-state index is 0. The van der Waals surface area contributed by atoms with Crippen molar-refractivity contribution < 1.29 is 0 Å². The average Bonchev–Trinajstić information content (AvgIpc) is 2.98. The van der Waals surface area contributed by atoms with Gasteiger partial charge in [-0.25, -0.2) is 4.99 Å². The molecule has 1 aromatic carbocycles. The van der Waals surface area contributed by atoms with Crippen molar-refractivity contribution in [1.29, 1.82) is 0 Å². The van der Waals surface area contributed by atoms with Gasteiger partial charge in [0, 0.05) is 10.6 Å². The van der Waals surface area contributed by atoms with Crippen LogP contribution in [0.25, 0.3) is 0 Å². The molecule has 21 heavy (non-hydrogen) atoms. The molecule has 5 heteroatoms. The molecule has 2 aromatic rings. The maximum absolute atomic E-state index is 6.01. The Kier molecular flexibility index (Phi) is 7.74. The number of guanidine groups is 1. The van der Waals surface area contributed by atoms with Gasteiger partial charge in [0.15, 0.2) is 5.96 Å². The Balaban J connectivity index is 0.00000220. The lowest BCUT2D eigenvalue weighted by molar-refractivity contribution is 1.07. The number of benzene rings is 1. The van der Waals surface area contributed by atoms with Gasteiger partial charge in [-0.15, -0.1) is 35.3 Å². The van der Waals surface area contributed by atoms with Gasteiger partial charge in [0.2, 0.25) is 0 Å². The van der Waals surface area contributed by atoms with Crippen molar-refractivity contribution in [1.82, 2.24) is 0 Å². The highest BCUT2D eigenvalue weighted by atomic mass is 127. The summed E-state index contributed by atoms with van der Waals surface area (Å²) in [5, 5.41) is 5.33. The van der Waals surface area contributed by atoms with Gasteiger partial charge in [-0.05, 0) is 35.4 Å². The summed E-state index contributed by atoms with van der Waals surface area (Å²) in [6.07, 6.45) is 1.96. The van der Waals surface area contributed by atoms with E-state index < -0.39 is 0 Å². The quantitative estimate of drug-likeness (QED) is 0.432. The topological polar surface area (TPSA) is 50.4 Å². The largest absolute Gasteiger partial charge is 0.370 e. The van der Waals surface area contributed by atoms with Crippen LogP contribution in [-0.4, -0.2) is 5.96 Å². The van der Waals surface area contributed by atoms with Crippen LogP contribution in [0.15, 0.2) is 40.7 Å². The van der Waals surface area contributed by atoms with Gasteiger partial charge < -0.3 is 11.1 Å². The van der Waals surface area contributed by atoms with E-state index >= 15 is 0 Å². The highest BCUT2D eigenvalue weighted by Crippen LogP contribution is 2.22. The molecule has 114 valence electrons. The number of rotatable bonds is 5. The number of para-hydroxylation sites is 1. The lowest BCUT2D eigenvalue weighted by Crippen LogP contribution is -2.24. The van der Waals surface area contributed by atoms with Crippen molar-refractivity contribution in [2.75, 3.05) is 5.32 Å². The number of aryl methyl sites for hydroxylation is 2. The summed E-state index contributed by atoms with van der Waals surface area (Å²) in [6, 6.07) is 10.5. The van der Waals surface area contributed by atoms with Gasteiger partial charge in [-0.3, -0.25) is 0 Å². The second kappa shape index (κ2) is 9.04. The summed E-state index contributed by atoms with van der Waals surface area (Å²) >= 11 is 1.70. The molecule has 0 aliphatic heterocycles. The number of thiophene rings is 1. The van der Waals surface area contributed by atoms with Crippen LogP contribution in [-0.2, 0) is 19.4 Å². The third-order valence-corrected chi connectivity index (χ3v) is 4.10. The van der Waals surface area contributed by atoms with E-state index in [1.807, 2.05) is 6.07 Å². The fourth-order valence-electron chi connectivity index (χ4n) is 2.14. The molecule has 0 aliphatic carbocycles. The molecule has 1 heterocycles. The van der Waals surface area contributed by atoms with E-state index in [1.165, 1.54) is 16.0 Å². The van der Waals surface area contributed by atoms with E-state index in [9.17, 15) is 0 Å². The second-order valence-corrected chi connectivity index (χ2v) is 5.60. The van der Waals surface area contributed by atoms with Gasteiger partial charge in [0.25, 0.3) is 0 Å². The zero-order chi connectivity index (χ0) is 14.4. The lowest BCUT2D eigenvalue weighted by Gasteiger charge is -2.14. The molecule has 0 saturated carbocycles. The SMILES string of the molecule is CCc1cccc(CC)c1NC(N)=NCc1cccs1.I. The molecule has 0 saturated heterocycles. The lowest BCUT2D eigenvalue weighted by atomic mass is 10.0. The van der Waals surface area contributed by atoms with Crippen LogP contribution in [0.1, 0.15) is 29.9 Å². The molecule has 0 amide bonds. The first-order chi connectivity index (χ1) is 9.74. The predicted molar refractivity (Wildman–Crippen MR) is 104 cm³/mol. The van der Waals surface area contributed by atoms with Crippen molar-refractivity contribution >= 4 is 47.0 Å². The zero-order valence-electron chi connectivity index (χ0n) is 12.4. The molecule has 0 unspecified atom stereocenters. The Morgan fingerprint density at radius 1 is 1.14 bits per heavy atom. The maximum Gasteiger partial charge on any atom is 0.193 e. The van der Waals surface area contributed by atoms with Crippen molar-refractivity contribution in [3.63, 3.8) is 0 Å². The summed E-state index contributed by atoms with van der Waals surface area (Å²) < 4.78 is 0. The summed E-state index contributed by atoms with van der Waals surface area (Å²) in [7, 11) is 0. The van der Waals surface area contributed by atoms with Crippen molar-refractivity contribution in [3.8, 4) is 0 Å². The van der Waals surface area contributed by atoms with Gasteiger partial charge >= 0.3 is 0 Å². The first kappa shape index (κ1) is 18.0. The Hall–Kier alpha value is -1.08. The first-order valence-electron chi connectivity index (χ1n) is 6.94. The van der Waals surface area contributed by atoms with Crippen LogP contribution < -0.4 is 11.1 Å². The van der Waals surface area contributed by atoms with E-state index in [-0.39, 0.29) is 24.0 Å². The Morgan fingerprint density at radius 3 is 2.33 bits per heavy atom. The molecule has 3 N–H and O–H groups in total. The van der Waals surface area contributed by atoms with Crippen LogP contribution in [0, 0.1) is 0 Å². The number of anilines is 1. The van der Waals surface area contributed by atoms with Crippen molar-refractivity contribution in [2.45, 2.75) is 33.2 Å². The molecule has 0 radical (unpaired) electrons. The van der Waals surface area contributed by atoms with Crippen LogP contribution in [0.4, 0.5) is 5.69 Å². The third-order valence-electron chi connectivity index (χ3n) is 3.24. The summed E-state index contributed by atoms with van der Waals surface area (Å²) in [4.78, 5) is 5.62. The van der Waals surface area contributed by atoms with Gasteiger partial charge in [-0.1, -0.05) is 38.1 Å². The molecule has 0 bridgehead atoms. The average molecular weight is 415 g/mol. The molecule has 0 spiro atoms. The highest BCUT2D eigenvalue weighted by Gasteiger charge is 2.06. The molecule has 1 aromatic heterocycles. The highest BCUT2D eigenvalue weighted by molar-refractivity contribution is 14.0. The van der Waals surface area contributed by atoms with E-state index in [0.717, 1.165) is 18.5 Å². The number of nitrogens with one attached hydrogen (secondary N) is 1. The van der Waals surface area contributed by atoms with Crippen molar-refractivity contribution in [3.05, 3.63) is 51.7 Å². The fourth-order valence-corrected chi connectivity index (χ4v) is 2.76. The molecule has 2 rings (SSSR count). The van der Waals surface area contributed by atoms with E-state index in [0.29, 0.717) is 12.5 Å². The van der Waals surface area contributed by atoms with Crippen LogP contribution in [0.3, 0.4) is 0 Å². The van der Waals surface area contributed by atoms with Gasteiger partial charge in [-0.2, -0.15) is 0 Å². The number of hydrogen-bond donors (Lipinski definition) is 2. The molecule has 0 aliphatic rings. The standard InChI is InChI=1S/C16H21N3S.HI/c1-3-12-7-5-8-13(4-2)15(12)19-16(17)18-11-14-9-6-10-20-14;/h5-10H,3-4,11H2,1-2H3,(H3,17,18,19);1H. The monoisotopic (exact) mass is 415 g/mol. The first-order valence-corrected chi connectivity index (χ1v) is 7.82. The third kappa shape index (κ3) is 5.00. The number of nitrogens with two attached hydrogens (primary N) is 1. The van der Waals surface area contributed by atoms with Crippen molar-refractivity contribution in [2.24, 2.45) is 10.7 Å². The van der Waals surface area contributed by atoms with Gasteiger partial charge in [0.1, 0.15) is 0 Å². The molecule has 3 nitrogen and oxygen atoms in total. The van der Waals surface area contributed by atoms with Crippen LogP contribution >= 0.6 is 35.3 Å². The zero-order valence-corrected chi connectivity index (χ0v) is 15.6.